The summed E-state index contributed by atoms with van der Waals surface area (Å²) in [7, 11) is 1.65. The minimum absolute atomic E-state index is 0.0831. The lowest BCUT2D eigenvalue weighted by atomic mass is 10.2. The van der Waals surface area contributed by atoms with Crippen LogP contribution in [-0.2, 0) is 4.79 Å². The highest BCUT2D eigenvalue weighted by molar-refractivity contribution is 5.73. The van der Waals surface area contributed by atoms with Gasteiger partial charge in [0.2, 0.25) is 0 Å². The molecule has 0 aromatic carbocycles. The van der Waals surface area contributed by atoms with Crippen LogP contribution in [0.5, 0.6) is 0 Å². The molecule has 0 saturated carbocycles. The molecule has 96 valence electrons. The lowest BCUT2D eigenvalue weighted by Crippen LogP contribution is -2.38. The summed E-state index contributed by atoms with van der Waals surface area (Å²) in [6, 6.07) is -0.170. The number of nitrogens with zero attached hydrogens (tertiary/aromatic N) is 1. The van der Waals surface area contributed by atoms with E-state index in [0.717, 1.165) is 19.3 Å². The van der Waals surface area contributed by atoms with E-state index in [1.165, 1.54) is 4.90 Å². The Hall–Kier alpha value is -1.70. The summed E-state index contributed by atoms with van der Waals surface area (Å²) < 4.78 is 0. The summed E-state index contributed by atoms with van der Waals surface area (Å²) in [6.07, 6.45) is 8.15. The molecule has 0 bridgehead atoms. The zero-order valence-corrected chi connectivity index (χ0v) is 10.2. The summed E-state index contributed by atoms with van der Waals surface area (Å²) in [5.41, 5.74) is 0. The van der Waals surface area contributed by atoms with Crippen molar-refractivity contribution in [2.75, 3.05) is 20.1 Å². The molecule has 0 unspecified atom stereocenters. The summed E-state index contributed by atoms with van der Waals surface area (Å²) in [5.74, 6) is 1.70. The molecule has 0 aliphatic heterocycles. The van der Waals surface area contributed by atoms with E-state index in [4.69, 9.17) is 11.5 Å². The van der Waals surface area contributed by atoms with Crippen molar-refractivity contribution < 1.29 is 14.7 Å². The highest BCUT2D eigenvalue weighted by Crippen LogP contribution is 1.95. The third kappa shape index (κ3) is 9.24. The minimum atomic E-state index is -0.840. The average Bonchev–Trinajstić information content (AvgIpc) is 2.27. The molecule has 0 aliphatic rings. The van der Waals surface area contributed by atoms with Crippen LogP contribution in [0.4, 0.5) is 4.79 Å². The Morgan fingerprint density at radius 2 is 2.06 bits per heavy atom. The molecule has 0 aromatic heterocycles. The number of terminal acetylenes is 1. The number of hydrogen-bond donors (Lipinski definition) is 2. The number of unbranched alkanes of at least 4 members (excludes halogenated alkanes) is 2. The van der Waals surface area contributed by atoms with Crippen LogP contribution in [-0.4, -0.2) is 42.1 Å². The predicted octanol–water partition coefficient (Wildman–Crippen LogP) is 1.30. The average molecular weight is 240 g/mol. The van der Waals surface area contributed by atoms with Crippen LogP contribution in [0.15, 0.2) is 0 Å². The second-order valence-electron chi connectivity index (χ2n) is 3.81. The Labute approximate surface area is 102 Å². The summed E-state index contributed by atoms with van der Waals surface area (Å²) in [5, 5.41) is 11.2. The molecule has 5 heteroatoms. The SMILES string of the molecule is C#CCCCCNC(=O)N(C)CCCC(=O)O. The molecule has 0 saturated heterocycles. The number of carbonyl (C=O) groups excluding carboxylic acids is 1. The first-order valence-corrected chi connectivity index (χ1v) is 5.72. The van der Waals surface area contributed by atoms with Crippen LogP contribution in [0.25, 0.3) is 0 Å². The molecule has 0 radical (unpaired) electrons. The first-order valence-electron chi connectivity index (χ1n) is 5.72. The molecule has 0 spiro atoms. The lowest BCUT2D eigenvalue weighted by molar-refractivity contribution is -0.137. The van der Waals surface area contributed by atoms with Crippen molar-refractivity contribution in [2.45, 2.75) is 32.1 Å². The Balaban J connectivity index is 3.54. The summed E-state index contributed by atoms with van der Waals surface area (Å²) >= 11 is 0. The molecule has 2 N–H and O–H groups in total. The van der Waals surface area contributed by atoms with Crippen LogP contribution in [0.1, 0.15) is 32.1 Å². The van der Waals surface area contributed by atoms with Gasteiger partial charge < -0.3 is 15.3 Å². The monoisotopic (exact) mass is 240 g/mol. The predicted molar refractivity (Wildman–Crippen MR) is 65.6 cm³/mol. The number of amides is 2. The smallest absolute Gasteiger partial charge is 0.317 e. The number of urea groups is 1. The largest absolute Gasteiger partial charge is 0.481 e. The minimum Gasteiger partial charge on any atom is -0.481 e. The number of aliphatic carboxylic acids is 1. The van der Waals surface area contributed by atoms with Gasteiger partial charge in [-0.1, -0.05) is 0 Å². The van der Waals surface area contributed by atoms with Gasteiger partial charge in [-0.15, -0.1) is 12.3 Å². The van der Waals surface area contributed by atoms with Crippen LogP contribution < -0.4 is 5.32 Å². The fourth-order valence-electron chi connectivity index (χ4n) is 1.25. The van der Waals surface area contributed by atoms with Crippen molar-refractivity contribution in [1.29, 1.82) is 0 Å². The fraction of sp³-hybridized carbons (Fsp3) is 0.667. The Bertz CT molecular complexity index is 284. The second-order valence-corrected chi connectivity index (χ2v) is 3.81. The van der Waals surface area contributed by atoms with E-state index in [9.17, 15) is 9.59 Å². The summed E-state index contributed by atoms with van der Waals surface area (Å²) in [6.45, 7) is 1.05. The molecule has 0 heterocycles. The quantitative estimate of drug-likeness (QED) is 0.496. The Kier molecular flexibility index (Phi) is 8.57. The number of hydrogen-bond acceptors (Lipinski definition) is 2. The van der Waals surface area contributed by atoms with Gasteiger partial charge in [-0.25, -0.2) is 4.79 Å². The molecule has 0 aliphatic carbocycles. The molecule has 5 nitrogen and oxygen atoms in total. The topological polar surface area (TPSA) is 69.6 Å². The Morgan fingerprint density at radius 3 is 2.65 bits per heavy atom. The number of carboxylic acids is 1. The first kappa shape index (κ1) is 15.3. The number of carboxylic acid groups (broad SMARTS) is 1. The van der Waals surface area contributed by atoms with E-state index in [1.807, 2.05) is 0 Å². The van der Waals surface area contributed by atoms with E-state index in [2.05, 4.69) is 11.2 Å². The van der Waals surface area contributed by atoms with Crippen LogP contribution in [0.3, 0.4) is 0 Å². The molecule has 2 amide bonds. The van der Waals surface area contributed by atoms with Crippen molar-refractivity contribution >= 4 is 12.0 Å². The van der Waals surface area contributed by atoms with Crippen molar-refractivity contribution in [3.05, 3.63) is 0 Å². The third-order valence-electron chi connectivity index (χ3n) is 2.25. The van der Waals surface area contributed by atoms with Gasteiger partial charge in [0.25, 0.3) is 0 Å². The molecular formula is C12H20N2O3. The second kappa shape index (κ2) is 9.52. The molecule has 0 fully saturated rings. The normalized spacial score (nSPS) is 9.41. The highest BCUT2D eigenvalue weighted by atomic mass is 16.4. The van der Waals surface area contributed by atoms with Crippen molar-refractivity contribution in [2.24, 2.45) is 0 Å². The maximum atomic E-state index is 11.5. The van der Waals surface area contributed by atoms with Crippen LogP contribution in [0.2, 0.25) is 0 Å². The molecular weight excluding hydrogens is 220 g/mol. The van der Waals surface area contributed by atoms with Crippen molar-refractivity contribution in [3.63, 3.8) is 0 Å². The standard InChI is InChI=1S/C12H20N2O3/c1-3-4-5-6-9-13-12(17)14(2)10-7-8-11(15)16/h1H,4-10H2,2H3,(H,13,17)(H,15,16). The number of carbonyl (C=O) groups is 2. The van der Waals surface area contributed by atoms with Crippen molar-refractivity contribution in [3.8, 4) is 12.3 Å². The summed E-state index contributed by atoms with van der Waals surface area (Å²) in [4.78, 5) is 23.3. The van der Waals surface area contributed by atoms with Gasteiger partial charge in [0.05, 0.1) is 0 Å². The van der Waals surface area contributed by atoms with Gasteiger partial charge in [0, 0.05) is 33.0 Å². The fourth-order valence-corrected chi connectivity index (χ4v) is 1.25. The molecule has 17 heavy (non-hydrogen) atoms. The van der Waals surface area contributed by atoms with E-state index >= 15 is 0 Å². The van der Waals surface area contributed by atoms with Gasteiger partial charge in [-0.2, -0.15) is 0 Å². The maximum absolute atomic E-state index is 11.5. The van der Waals surface area contributed by atoms with E-state index in [0.29, 0.717) is 19.5 Å². The van der Waals surface area contributed by atoms with E-state index in [1.54, 1.807) is 7.05 Å². The first-order chi connectivity index (χ1) is 8.07. The number of rotatable bonds is 8. The van der Waals surface area contributed by atoms with Gasteiger partial charge in [-0.3, -0.25) is 4.79 Å². The molecule has 0 rings (SSSR count). The lowest BCUT2D eigenvalue weighted by Gasteiger charge is -2.17. The van der Waals surface area contributed by atoms with Gasteiger partial charge in [0.15, 0.2) is 0 Å². The maximum Gasteiger partial charge on any atom is 0.317 e. The zero-order chi connectivity index (χ0) is 13.1. The van der Waals surface area contributed by atoms with Gasteiger partial charge in [-0.05, 0) is 19.3 Å². The van der Waals surface area contributed by atoms with Gasteiger partial charge in [0.1, 0.15) is 0 Å². The van der Waals surface area contributed by atoms with Crippen molar-refractivity contribution in [1.82, 2.24) is 10.2 Å². The molecule has 0 aromatic rings. The van der Waals surface area contributed by atoms with Crippen LogP contribution in [0, 0.1) is 12.3 Å². The van der Waals surface area contributed by atoms with E-state index in [-0.39, 0.29) is 12.5 Å². The van der Waals surface area contributed by atoms with Crippen LogP contribution >= 0.6 is 0 Å². The molecule has 0 atom stereocenters. The Morgan fingerprint density at radius 1 is 1.35 bits per heavy atom. The van der Waals surface area contributed by atoms with Gasteiger partial charge >= 0.3 is 12.0 Å². The zero-order valence-electron chi connectivity index (χ0n) is 10.2. The number of nitrogens with one attached hydrogen (secondary N) is 1. The van der Waals surface area contributed by atoms with E-state index < -0.39 is 5.97 Å². The third-order valence-corrected chi connectivity index (χ3v) is 2.25. The highest BCUT2D eigenvalue weighted by Gasteiger charge is 2.07.